The minimum absolute atomic E-state index is 0.0780. The second kappa shape index (κ2) is 6.70. The predicted octanol–water partition coefficient (Wildman–Crippen LogP) is 3.94. The number of hydrogen-bond donors (Lipinski definition) is 2. The van der Waals surface area contributed by atoms with Crippen molar-refractivity contribution in [1.29, 1.82) is 0 Å². The van der Waals surface area contributed by atoms with Crippen LogP contribution in [0.3, 0.4) is 0 Å². The summed E-state index contributed by atoms with van der Waals surface area (Å²) in [6, 6.07) is 9.83. The maximum Gasteiger partial charge on any atom is 0.416 e. The molecule has 4 nitrogen and oxygen atoms in total. The Bertz CT molecular complexity index is 713. The zero-order chi connectivity index (χ0) is 17.0. The topological polar surface area (TPSA) is 58.2 Å². The first-order valence-electron chi connectivity index (χ1n) is 6.31. The lowest BCUT2D eigenvalue weighted by Crippen LogP contribution is -2.29. The van der Waals surface area contributed by atoms with Crippen LogP contribution in [0.1, 0.15) is 5.56 Å². The summed E-state index contributed by atoms with van der Waals surface area (Å²) in [5.74, 6) is -1.95. The Morgan fingerprint density at radius 2 is 1.17 bits per heavy atom. The van der Waals surface area contributed by atoms with E-state index in [0.717, 1.165) is 24.3 Å². The second-order valence-corrected chi connectivity index (χ2v) is 4.93. The molecule has 0 aliphatic heterocycles. The number of amides is 2. The van der Waals surface area contributed by atoms with Crippen molar-refractivity contribution in [2.75, 3.05) is 10.6 Å². The highest BCUT2D eigenvalue weighted by atomic mass is 35.5. The van der Waals surface area contributed by atoms with E-state index >= 15 is 0 Å². The number of halogens is 4. The van der Waals surface area contributed by atoms with Gasteiger partial charge in [0.25, 0.3) is 0 Å². The van der Waals surface area contributed by atoms with Crippen molar-refractivity contribution in [3.63, 3.8) is 0 Å². The van der Waals surface area contributed by atoms with Gasteiger partial charge in [-0.05, 0) is 48.5 Å². The molecule has 120 valence electrons. The first kappa shape index (κ1) is 16.8. The molecule has 0 radical (unpaired) electrons. The van der Waals surface area contributed by atoms with E-state index in [9.17, 15) is 22.8 Å². The summed E-state index contributed by atoms with van der Waals surface area (Å²) in [4.78, 5) is 23.4. The smallest absolute Gasteiger partial charge is 0.318 e. The van der Waals surface area contributed by atoms with Crippen molar-refractivity contribution < 1.29 is 22.8 Å². The number of anilines is 2. The van der Waals surface area contributed by atoms with Gasteiger partial charge in [0.2, 0.25) is 0 Å². The molecule has 0 aliphatic rings. The predicted molar refractivity (Wildman–Crippen MR) is 80.2 cm³/mol. The molecule has 0 atom stereocenters. The summed E-state index contributed by atoms with van der Waals surface area (Å²) in [5, 5.41) is 5.01. The number of benzene rings is 2. The van der Waals surface area contributed by atoms with Crippen LogP contribution in [0.2, 0.25) is 5.02 Å². The van der Waals surface area contributed by atoms with Crippen LogP contribution in [-0.4, -0.2) is 11.8 Å². The summed E-state index contributed by atoms with van der Waals surface area (Å²) >= 11 is 5.69. The van der Waals surface area contributed by atoms with Crippen molar-refractivity contribution in [2.24, 2.45) is 0 Å². The maximum atomic E-state index is 12.4. The molecule has 0 saturated heterocycles. The molecule has 0 unspecified atom stereocenters. The van der Waals surface area contributed by atoms with Crippen LogP contribution in [-0.2, 0) is 15.8 Å². The van der Waals surface area contributed by atoms with Crippen LogP contribution in [0.25, 0.3) is 0 Å². The van der Waals surface area contributed by atoms with E-state index in [2.05, 4.69) is 10.6 Å². The molecule has 0 aromatic heterocycles. The van der Waals surface area contributed by atoms with Crippen LogP contribution < -0.4 is 10.6 Å². The number of carbonyl (C=O) groups excluding carboxylic acids is 2. The highest BCUT2D eigenvalue weighted by Gasteiger charge is 2.30. The molecule has 0 saturated carbocycles. The Hall–Kier alpha value is -2.54. The highest BCUT2D eigenvalue weighted by Crippen LogP contribution is 2.29. The Kier molecular flexibility index (Phi) is 4.90. The molecule has 2 aromatic rings. The van der Waals surface area contributed by atoms with Crippen molar-refractivity contribution in [2.45, 2.75) is 6.18 Å². The van der Waals surface area contributed by atoms with Crippen molar-refractivity contribution in [3.05, 3.63) is 59.1 Å². The van der Waals surface area contributed by atoms with Crippen LogP contribution in [0, 0.1) is 0 Å². The number of rotatable bonds is 2. The van der Waals surface area contributed by atoms with Gasteiger partial charge in [-0.15, -0.1) is 0 Å². The van der Waals surface area contributed by atoms with E-state index in [1.165, 1.54) is 24.3 Å². The maximum absolute atomic E-state index is 12.4. The van der Waals surface area contributed by atoms with Crippen LogP contribution in [0.5, 0.6) is 0 Å². The molecule has 8 heteroatoms. The number of hydrogen-bond acceptors (Lipinski definition) is 2. The van der Waals surface area contributed by atoms with Crippen molar-refractivity contribution in [1.82, 2.24) is 0 Å². The third-order valence-corrected chi connectivity index (χ3v) is 3.03. The highest BCUT2D eigenvalue weighted by molar-refractivity contribution is 6.43. The Balaban J connectivity index is 1.98. The lowest BCUT2D eigenvalue weighted by molar-refractivity contribution is -0.137. The fourth-order valence-corrected chi connectivity index (χ4v) is 1.78. The van der Waals surface area contributed by atoms with Gasteiger partial charge in [0.1, 0.15) is 0 Å². The summed E-state index contributed by atoms with van der Waals surface area (Å²) in [5.41, 5.74) is -0.405. The molecule has 23 heavy (non-hydrogen) atoms. The molecule has 0 bridgehead atoms. The van der Waals surface area contributed by atoms with Crippen LogP contribution in [0.15, 0.2) is 48.5 Å². The third-order valence-electron chi connectivity index (χ3n) is 2.78. The van der Waals surface area contributed by atoms with Gasteiger partial charge in [0.15, 0.2) is 0 Å². The molecule has 0 fully saturated rings. The molecule has 2 aromatic carbocycles. The average Bonchev–Trinajstić information content (AvgIpc) is 2.49. The quantitative estimate of drug-likeness (QED) is 0.812. The first-order chi connectivity index (χ1) is 10.8. The van der Waals surface area contributed by atoms with Crippen molar-refractivity contribution >= 4 is 34.8 Å². The van der Waals surface area contributed by atoms with Gasteiger partial charge in [-0.2, -0.15) is 13.2 Å². The van der Waals surface area contributed by atoms with Gasteiger partial charge >= 0.3 is 18.0 Å². The lowest BCUT2D eigenvalue weighted by Gasteiger charge is -2.09. The molecular weight excluding hydrogens is 333 g/mol. The number of carbonyl (C=O) groups is 2. The standard InChI is InChI=1S/C15H10ClF3N2O2/c16-10-3-7-12(8-4-10)21-14(23)13(22)20-11-5-1-9(2-6-11)15(17,18)19/h1-8H,(H,20,22)(H,21,23). The fourth-order valence-electron chi connectivity index (χ4n) is 1.65. The minimum atomic E-state index is -4.46. The van der Waals surface area contributed by atoms with Gasteiger partial charge in [-0.3, -0.25) is 9.59 Å². The monoisotopic (exact) mass is 342 g/mol. The zero-order valence-corrected chi connectivity index (χ0v) is 12.2. The minimum Gasteiger partial charge on any atom is -0.318 e. The van der Waals surface area contributed by atoms with Gasteiger partial charge in [-0.25, -0.2) is 0 Å². The SMILES string of the molecule is O=C(Nc1ccc(Cl)cc1)C(=O)Nc1ccc(C(F)(F)F)cc1. The van der Waals surface area contributed by atoms with Gasteiger partial charge < -0.3 is 10.6 Å². The summed E-state index contributed by atoms with van der Waals surface area (Å²) in [6.45, 7) is 0. The Morgan fingerprint density at radius 3 is 1.57 bits per heavy atom. The molecule has 0 heterocycles. The van der Waals surface area contributed by atoms with Gasteiger partial charge in [0, 0.05) is 16.4 Å². The van der Waals surface area contributed by atoms with E-state index in [-0.39, 0.29) is 5.69 Å². The average molecular weight is 343 g/mol. The summed E-state index contributed by atoms with van der Waals surface area (Å²) in [6.07, 6.45) is -4.46. The normalized spacial score (nSPS) is 11.0. The summed E-state index contributed by atoms with van der Waals surface area (Å²) in [7, 11) is 0. The van der Waals surface area contributed by atoms with Crippen molar-refractivity contribution in [3.8, 4) is 0 Å². The van der Waals surface area contributed by atoms with E-state index < -0.39 is 23.6 Å². The van der Waals surface area contributed by atoms with E-state index in [4.69, 9.17) is 11.6 Å². The molecule has 2 rings (SSSR count). The number of alkyl halides is 3. The van der Waals surface area contributed by atoms with E-state index in [1.807, 2.05) is 0 Å². The Morgan fingerprint density at radius 1 is 0.783 bits per heavy atom. The third kappa shape index (κ3) is 4.72. The van der Waals surface area contributed by atoms with E-state index in [1.54, 1.807) is 0 Å². The summed E-state index contributed by atoms with van der Waals surface area (Å²) < 4.78 is 37.3. The lowest BCUT2D eigenvalue weighted by atomic mass is 10.2. The van der Waals surface area contributed by atoms with E-state index in [0.29, 0.717) is 10.7 Å². The number of nitrogens with one attached hydrogen (secondary N) is 2. The zero-order valence-electron chi connectivity index (χ0n) is 11.4. The molecule has 0 spiro atoms. The van der Waals surface area contributed by atoms with Gasteiger partial charge in [-0.1, -0.05) is 11.6 Å². The Labute approximate surface area is 134 Å². The molecular formula is C15H10ClF3N2O2. The second-order valence-electron chi connectivity index (χ2n) is 4.49. The largest absolute Gasteiger partial charge is 0.416 e. The molecule has 2 amide bonds. The van der Waals surface area contributed by atoms with Gasteiger partial charge in [0.05, 0.1) is 5.56 Å². The van der Waals surface area contributed by atoms with Crippen LogP contribution >= 0.6 is 11.6 Å². The van der Waals surface area contributed by atoms with Crippen LogP contribution in [0.4, 0.5) is 24.5 Å². The first-order valence-corrected chi connectivity index (χ1v) is 6.68. The fraction of sp³-hybridized carbons (Fsp3) is 0.0667. The molecule has 2 N–H and O–H groups in total. The molecule has 0 aliphatic carbocycles.